The Balaban J connectivity index is 1.61. The molecule has 148 valence electrons. The molecule has 0 radical (unpaired) electrons. The van der Waals surface area contributed by atoms with Crippen molar-refractivity contribution in [2.75, 3.05) is 18.4 Å². The molecule has 0 aliphatic carbocycles. The third-order valence-electron chi connectivity index (χ3n) is 4.61. The van der Waals surface area contributed by atoms with Crippen LogP contribution in [0.4, 0.5) is 27.6 Å². The van der Waals surface area contributed by atoms with Gasteiger partial charge in [0.1, 0.15) is 11.6 Å². The summed E-state index contributed by atoms with van der Waals surface area (Å²) in [6, 6.07) is 4.27. The van der Waals surface area contributed by atoms with Crippen molar-refractivity contribution < 1.29 is 31.5 Å². The van der Waals surface area contributed by atoms with E-state index in [1.807, 2.05) is 0 Å². The number of hydrogen-bond donors (Lipinski definition) is 1. The number of hydrogen-bond acceptors (Lipinski definition) is 2. The van der Waals surface area contributed by atoms with Crippen molar-refractivity contribution in [2.24, 2.45) is 5.92 Å². The molecule has 0 unspecified atom stereocenters. The van der Waals surface area contributed by atoms with Crippen LogP contribution in [-0.4, -0.2) is 29.8 Å². The second kappa shape index (κ2) is 7.95. The number of carbonyl (C=O) groups is 2. The van der Waals surface area contributed by atoms with Crippen LogP contribution in [0.15, 0.2) is 30.3 Å². The van der Waals surface area contributed by atoms with Crippen LogP contribution in [0.3, 0.4) is 0 Å². The monoisotopic (exact) mass is 398 g/mol. The molecule has 2 aromatic carbocycles. The van der Waals surface area contributed by atoms with Gasteiger partial charge >= 0.3 is 0 Å². The van der Waals surface area contributed by atoms with Gasteiger partial charge in [-0.1, -0.05) is 0 Å². The second-order valence-electron chi connectivity index (χ2n) is 6.40. The molecular formula is C19H15F5N2O2. The summed E-state index contributed by atoms with van der Waals surface area (Å²) in [7, 11) is 0. The highest BCUT2D eigenvalue weighted by atomic mass is 19.2. The van der Waals surface area contributed by atoms with Gasteiger partial charge in [0.15, 0.2) is 17.5 Å². The molecule has 3 rings (SSSR count). The van der Waals surface area contributed by atoms with Gasteiger partial charge in [0.2, 0.25) is 5.91 Å². The molecule has 1 N–H and O–H groups in total. The Morgan fingerprint density at radius 1 is 0.893 bits per heavy atom. The summed E-state index contributed by atoms with van der Waals surface area (Å²) in [6.07, 6.45) is 0.428. The van der Waals surface area contributed by atoms with E-state index in [0.29, 0.717) is 12.1 Å². The van der Waals surface area contributed by atoms with E-state index in [9.17, 15) is 31.5 Å². The fourth-order valence-corrected chi connectivity index (χ4v) is 3.04. The molecule has 9 heteroatoms. The highest BCUT2D eigenvalue weighted by Crippen LogP contribution is 2.24. The molecule has 0 saturated carbocycles. The molecule has 0 atom stereocenters. The van der Waals surface area contributed by atoms with Gasteiger partial charge in [-0.15, -0.1) is 0 Å². The number of anilines is 1. The van der Waals surface area contributed by atoms with E-state index < -0.39 is 52.5 Å². The number of likely N-dealkylation sites (tertiary alicyclic amines) is 1. The van der Waals surface area contributed by atoms with Gasteiger partial charge in [0, 0.05) is 25.1 Å². The van der Waals surface area contributed by atoms with E-state index in [1.165, 1.54) is 4.90 Å². The largest absolute Gasteiger partial charge is 0.339 e. The lowest BCUT2D eigenvalue weighted by molar-refractivity contribution is -0.121. The van der Waals surface area contributed by atoms with Crippen molar-refractivity contribution in [3.8, 4) is 0 Å². The number of nitrogens with zero attached hydrogens (tertiary/aromatic N) is 1. The van der Waals surface area contributed by atoms with Crippen molar-refractivity contribution in [1.82, 2.24) is 4.90 Å². The fourth-order valence-electron chi connectivity index (χ4n) is 3.04. The Hall–Kier alpha value is -2.97. The van der Waals surface area contributed by atoms with E-state index in [1.54, 1.807) is 0 Å². The van der Waals surface area contributed by atoms with E-state index in [4.69, 9.17) is 0 Å². The van der Waals surface area contributed by atoms with Crippen LogP contribution in [0.25, 0.3) is 0 Å². The van der Waals surface area contributed by atoms with Crippen LogP contribution in [0, 0.1) is 35.0 Å². The number of nitrogens with one attached hydrogen (secondary N) is 1. The fraction of sp³-hybridized carbons (Fsp3) is 0.263. The number of amides is 2. The highest BCUT2D eigenvalue weighted by molar-refractivity contribution is 5.95. The summed E-state index contributed by atoms with van der Waals surface area (Å²) < 4.78 is 66.6. The summed E-state index contributed by atoms with van der Waals surface area (Å²) in [5.74, 6) is -8.11. The van der Waals surface area contributed by atoms with Gasteiger partial charge in [0.25, 0.3) is 5.91 Å². The van der Waals surface area contributed by atoms with E-state index in [2.05, 4.69) is 5.32 Å². The number of halogens is 5. The van der Waals surface area contributed by atoms with Gasteiger partial charge in [-0.2, -0.15) is 0 Å². The van der Waals surface area contributed by atoms with Gasteiger partial charge in [-0.3, -0.25) is 9.59 Å². The lowest BCUT2D eigenvalue weighted by atomic mass is 9.95. The standard InChI is InChI=1S/C19H15F5N2O2/c20-11-1-2-12(14(22)9-11)19(28)26-7-5-10(6-8-26)18(27)25-15-4-3-13(21)16(23)17(15)24/h1-4,9-10H,5-8H2,(H,25,27). The normalized spacial score (nSPS) is 14.8. The molecule has 4 nitrogen and oxygen atoms in total. The molecule has 1 aliphatic heterocycles. The third kappa shape index (κ3) is 3.97. The predicted octanol–water partition coefficient (Wildman–Crippen LogP) is 3.87. The number of piperidine rings is 1. The quantitative estimate of drug-likeness (QED) is 0.630. The maximum Gasteiger partial charge on any atom is 0.256 e. The molecule has 1 fully saturated rings. The van der Waals surface area contributed by atoms with Crippen molar-refractivity contribution in [3.63, 3.8) is 0 Å². The van der Waals surface area contributed by atoms with Crippen LogP contribution < -0.4 is 5.32 Å². The zero-order chi connectivity index (χ0) is 20.4. The molecular weight excluding hydrogens is 383 g/mol. The highest BCUT2D eigenvalue weighted by Gasteiger charge is 2.29. The van der Waals surface area contributed by atoms with E-state index in [-0.39, 0.29) is 31.5 Å². The van der Waals surface area contributed by atoms with Crippen LogP contribution in [0.5, 0.6) is 0 Å². The van der Waals surface area contributed by atoms with Crippen molar-refractivity contribution in [3.05, 3.63) is 65.0 Å². The minimum absolute atomic E-state index is 0.133. The van der Waals surface area contributed by atoms with Crippen LogP contribution in [0.1, 0.15) is 23.2 Å². The van der Waals surface area contributed by atoms with E-state index in [0.717, 1.165) is 18.2 Å². The molecule has 28 heavy (non-hydrogen) atoms. The average molecular weight is 398 g/mol. The maximum atomic E-state index is 13.8. The first kappa shape index (κ1) is 19.8. The minimum atomic E-state index is -1.68. The Labute approximate surface area is 156 Å². The second-order valence-corrected chi connectivity index (χ2v) is 6.40. The molecule has 2 aromatic rings. The molecule has 0 spiro atoms. The van der Waals surface area contributed by atoms with E-state index >= 15 is 0 Å². The van der Waals surface area contributed by atoms with Crippen LogP contribution >= 0.6 is 0 Å². The average Bonchev–Trinajstić information content (AvgIpc) is 2.68. The van der Waals surface area contributed by atoms with Crippen LogP contribution in [-0.2, 0) is 4.79 Å². The number of carbonyl (C=O) groups excluding carboxylic acids is 2. The van der Waals surface area contributed by atoms with Crippen molar-refractivity contribution in [1.29, 1.82) is 0 Å². The predicted molar refractivity (Wildman–Crippen MR) is 89.9 cm³/mol. The molecule has 2 amide bonds. The maximum absolute atomic E-state index is 13.8. The zero-order valence-corrected chi connectivity index (χ0v) is 14.4. The van der Waals surface area contributed by atoms with Gasteiger partial charge < -0.3 is 10.2 Å². The molecule has 1 aliphatic rings. The lowest BCUT2D eigenvalue weighted by Gasteiger charge is -2.31. The lowest BCUT2D eigenvalue weighted by Crippen LogP contribution is -2.41. The summed E-state index contributed by atoms with van der Waals surface area (Å²) in [4.78, 5) is 25.9. The van der Waals surface area contributed by atoms with Crippen LogP contribution in [0.2, 0.25) is 0 Å². The van der Waals surface area contributed by atoms with Gasteiger partial charge in [-0.25, -0.2) is 22.0 Å². The Bertz CT molecular complexity index is 927. The molecule has 1 saturated heterocycles. The Kier molecular flexibility index (Phi) is 5.62. The Morgan fingerprint density at radius 3 is 2.21 bits per heavy atom. The first-order chi connectivity index (χ1) is 13.3. The molecule has 1 heterocycles. The van der Waals surface area contributed by atoms with Crippen molar-refractivity contribution >= 4 is 17.5 Å². The van der Waals surface area contributed by atoms with Gasteiger partial charge in [0.05, 0.1) is 11.3 Å². The first-order valence-corrected chi connectivity index (χ1v) is 8.46. The summed E-state index contributed by atoms with van der Waals surface area (Å²) in [5, 5.41) is 2.21. The summed E-state index contributed by atoms with van der Waals surface area (Å²) in [5.41, 5.74) is -0.746. The third-order valence-corrected chi connectivity index (χ3v) is 4.61. The first-order valence-electron chi connectivity index (χ1n) is 8.46. The topological polar surface area (TPSA) is 49.4 Å². The minimum Gasteiger partial charge on any atom is -0.339 e. The molecule has 0 bridgehead atoms. The zero-order valence-electron chi connectivity index (χ0n) is 14.4. The smallest absolute Gasteiger partial charge is 0.256 e. The van der Waals surface area contributed by atoms with Gasteiger partial charge in [-0.05, 0) is 37.1 Å². The molecule has 0 aromatic heterocycles. The SMILES string of the molecule is O=C(Nc1ccc(F)c(F)c1F)C1CCN(C(=O)c2ccc(F)cc2F)CC1. The number of rotatable bonds is 3. The van der Waals surface area contributed by atoms with Crippen molar-refractivity contribution in [2.45, 2.75) is 12.8 Å². The summed E-state index contributed by atoms with van der Waals surface area (Å²) >= 11 is 0. The number of benzene rings is 2. The summed E-state index contributed by atoms with van der Waals surface area (Å²) in [6.45, 7) is 0.266. The Morgan fingerprint density at radius 2 is 1.57 bits per heavy atom.